The van der Waals surface area contributed by atoms with E-state index >= 15 is 0 Å². The van der Waals surface area contributed by atoms with Crippen LogP contribution in [0.15, 0.2) is 33.1 Å². The fraction of sp³-hybridized carbons (Fsp3) is 0.556. The molecular formula is C18H29IN4OS. The summed E-state index contributed by atoms with van der Waals surface area (Å²) in [4.78, 5) is 9.95. The second-order valence-corrected chi connectivity index (χ2v) is 8.46. The summed E-state index contributed by atoms with van der Waals surface area (Å²) in [6.07, 6.45) is 1.80. The molecule has 2 rings (SSSR count). The zero-order chi connectivity index (χ0) is 17.8. The smallest absolute Gasteiger partial charge is 0.213 e. The molecule has 0 saturated carbocycles. The molecule has 0 aliphatic carbocycles. The third-order valence-electron chi connectivity index (χ3n) is 3.81. The minimum absolute atomic E-state index is 0. The van der Waals surface area contributed by atoms with Crippen molar-refractivity contribution < 1.29 is 4.42 Å². The van der Waals surface area contributed by atoms with Crippen LogP contribution in [0.25, 0.3) is 0 Å². The zero-order valence-electron chi connectivity index (χ0n) is 15.8. The number of hydrogen-bond acceptors (Lipinski definition) is 4. The quantitative estimate of drug-likeness (QED) is 0.384. The van der Waals surface area contributed by atoms with Crippen LogP contribution in [0, 0.1) is 0 Å². The van der Waals surface area contributed by atoms with Crippen molar-refractivity contribution in [1.82, 2.24) is 15.6 Å². The lowest BCUT2D eigenvalue weighted by Crippen LogP contribution is -2.43. The van der Waals surface area contributed by atoms with E-state index in [4.69, 9.17) is 4.42 Å². The third kappa shape index (κ3) is 6.29. The van der Waals surface area contributed by atoms with Gasteiger partial charge in [-0.15, -0.1) is 35.3 Å². The molecule has 0 saturated heterocycles. The van der Waals surface area contributed by atoms with E-state index < -0.39 is 0 Å². The van der Waals surface area contributed by atoms with Crippen molar-refractivity contribution in [3.05, 3.63) is 40.2 Å². The lowest BCUT2D eigenvalue weighted by Gasteiger charge is -2.24. The number of aromatic nitrogens is 1. The normalized spacial score (nSPS) is 12.6. The first-order valence-electron chi connectivity index (χ1n) is 8.16. The van der Waals surface area contributed by atoms with Gasteiger partial charge in [-0.1, -0.05) is 40.7 Å². The van der Waals surface area contributed by atoms with Crippen LogP contribution in [0.1, 0.15) is 51.1 Å². The molecule has 0 aromatic carbocycles. The Kier molecular flexibility index (Phi) is 7.92. The van der Waals surface area contributed by atoms with Gasteiger partial charge in [0.2, 0.25) is 5.89 Å². The first kappa shape index (κ1) is 22.0. The van der Waals surface area contributed by atoms with Gasteiger partial charge in [-0.3, -0.25) is 4.99 Å². The molecule has 0 unspecified atom stereocenters. The highest BCUT2D eigenvalue weighted by molar-refractivity contribution is 14.0. The van der Waals surface area contributed by atoms with E-state index in [0.717, 1.165) is 18.3 Å². The minimum Gasteiger partial charge on any atom is -0.443 e. The summed E-state index contributed by atoms with van der Waals surface area (Å²) in [7, 11) is 1.77. The van der Waals surface area contributed by atoms with Gasteiger partial charge in [0.25, 0.3) is 0 Å². The number of thiophene rings is 1. The maximum Gasteiger partial charge on any atom is 0.213 e. The molecule has 2 heterocycles. The van der Waals surface area contributed by atoms with E-state index in [1.165, 1.54) is 4.88 Å². The fourth-order valence-corrected chi connectivity index (χ4v) is 3.03. The average molecular weight is 476 g/mol. The first-order valence-corrected chi connectivity index (χ1v) is 9.04. The molecular weight excluding hydrogens is 447 g/mol. The van der Waals surface area contributed by atoms with Crippen molar-refractivity contribution in [3.63, 3.8) is 0 Å². The van der Waals surface area contributed by atoms with Crippen LogP contribution < -0.4 is 10.6 Å². The lowest BCUT2D eigenvalue weighted by molar-refractivity contribution is 0.379. The Bertz CT molecular complexity index is 672. The molecule has 0 radical (unpaired) electrons. The zero-order valence-corrected chi connectivity index (χ0v) is 19.0. The Morgan fingerprint density at radius 2 is 1.96 bits per heavy atom. The predicted molar refractivity (Wildman–Crippen MR) is 116 cm³/mol. The van der Waals surface area contributed by atoms with Gasteiger partial charge in [0.1, 0.15) is 5.76 Å². The van der Waals surface area contributed by atoms with Crippen LogP contribution in [0.4, 0.5) is 0 Å². The average Bonchev–Trinajstić information content (AvgIpc) is 3.18. The molecule has 25 heavy (non-hydrogen) atoms. The van der Waals surface area contributed by atoms with Crippen molar-refractivity contribution in [2.24, 2.45) is 4.99 Å². The number of hydrogen-bond donors (Lipinski definition) is 2. The standard InChI is InChI=1S/C18H28N4OS.HI/c1-17(2,3)13-10-20-15(23-13)11-21-16(19-6)22-12-18(4,5)14-8-7-9-24-14;/h7-10H,11-12H2,1-6H3,(H2,19,21,22);1H. The number of oxazole rings is 1. The van der Waals surface area contributed by atoms with E-state index in [2.05, 4.69) is 72.7 Å². The molecule has 0 atom stereocenters. The van der Waals surface area contributed by atoms with E-state index in [0.29, 0.717) is 12.4 Å². The minimum atomic E-state index is -0.0318. The van der Waals surface area contributed by atoms with Gasteiger partial charge in [0.15, 0.2) is 5.96 Å². The Labute approximate surface area is 171 Å². The second-order valence-electron chi connectivity index (χ2n) is 7.51. The number of halogens is 1. The molecule has 0 aliphatic heterocycles. The van der Waals surface area contributed by atoms with Gasteiger partial charge in [-0.25, -0.2) is 4.98 Å². The molecule has 0 amide bonds. The maximum atomic E-state index is 5.79. The summed E-state index contributed by atoms with van der Waals surface area (Å²) in [5, 5.41) is 8.75. The van der Waals surface area contributed by atoms with Crippen LogP contribution in [-0.4, -0.2) is 24.5 Å². The second kappa shape index (κ2) is 9.02. The molecule has 5 nitrogen and oxygen atoms in total. The highest BCUT2D eigenvalue weighted by Gasteiger charge is 2.22. The van der Waals surface area contributed by atoms with E-state index in [-0.39, 0.29) is 34.8 Å². The van der Waals surface area contributed by atoms with Gasteiger partial charge < -0.3 is 15.1 Å². The molecule has 140 valence electrons. The molecule has 2 N–H and O–H groups in total. The summed E-state index contributed by atoms with van der Waals surface area (Å²) in [5.74, 6) is 2.30. The number of nitrogens with one attached hydrogen (secondary N) is 2. The lowest BCUT2D eigenvalue weighted by atomic mass is 9.91. The largest absolute Gasteiger partial charge is 0.443 e. The van der Waals surface area contributed by atoms with E-state index in [9.17, 15) is 0 Å². The van der Waals surface area contributed by atoms with Gasteiger partial charge in [-0.2, -0.15) is 0 Å². The molecule has 0 aliphatic rings. The molecule has 0 bridgehead atoms. The molecule has 7 heteroatoms. The van der Waals surface area contributed by atoms with Crippen molar-refractivity contribution in [2.45, 2.75) is 52.0 Å². The Morgan fingerprint density at radius 1 is 1.24 bits per heavy atom. The highest BCUT2D eigenvalue weighted by atomic mass is 127. The number of aliphatic imine (C=N–C) groups is 1. The number of guanidine groups is 1. The van der Waals surface area contributed by atoms with Crippen molar-refractivity contribution in [2.75, 3.05) is 13.6 Å². The summed E-state index contributed by atoms with van der Waals surface area (Å²) < 4.78 is 5.79. The topological polar surface area (TPSA) is 62.5 Å². The Hall–Kier alpha value is -1.09. The predicted octanol–water partition coefficient (Wildman–Crippen LogP) is 4.29. The molecule has 2 aromatic heterocycles. The fourth-order valence-electron chi connectivity index (χ4n) is 2.17. The molecule has 0 fully saturated rings. The molecule has 2 aromatic rings. The first-order chi connectivity index (χ1) is 11.2. The van der Waals surface area contributed by atoms with Gasteiger partial charge in [0, 0.05) is 29.3 Å². The number of rotatable bonds is 5. The van der Waals surface area contributed by atoms with Gasteiger partial charge in [-0.05, 0) is 11.4 Å². The molecule has 0 spiro atoms. The Morgan fingerprint density at radius 3 is 2.48 bits per heavy atom. The van der Waals surface area contributed by atoms with Crippen LogP contribution >= 0.6 is 35.3 Å². The van der Waals surface area contributed by atoms with Gasteiger partial charge >= 0.3 is 0 Å². The maximum absolute atomic E-state index is 5.79. The van der Waals surface area contributed by atoms with Gasteiger partial charge in [0.05, 0.1) is 12.7 Å². The van der Waals surface area contributed by atoms with Crippen LogP contribution in [-0.2, 0) is 17.4 Å². The summed E-state index contributed by atoms with van der Waals surface area (Å²) in [5.41, 5.74) is 0.0179. The van der Waals surface area contributed by atoms with Crippen LogP contribution in [0.3, 0.4) is 0 Å². The van der Waals surface area contributed by atoms with Crippen molar-refractivity contribution >= 4 is 41.3 Å². The Balaban J connectivity index is 0.00000312. The highest BCUT2D eigenvalue weighted by Crippen LogP contribution is 2.26. The van der Waals surface area contributed by atoms with Crippen molar-refractivity contribution in [3.8, 4) is 0 Å². The van der Waals surface area contributed by atoms with Crippen LogP contribution in [0.2, 0.25) is 0 Å². The van der Waals surface area contributed by atoms with E-state index in [1.54, 1.807) is 24.6 Å². The third-order valence-corrected chi connectivity index (χ3v) is 5.05. The summed E-state index contributed by atoms with van der Waals surface area (Å²) in [6, 6.07) is 4.26. The monoisotopic (exact) mass is 476 g/mol. The number of nitrogens with zero attached hydrogens (tertiary/aromatic N) is 2. The SMILES string of the molecule is CN=C(NCc1ncc(C(C)(C)C)o1)NCC(C)(C)c1cccs1.I. The van der Waals surface area contributed by atoms with E-state index in [1.807, 2.05) is 0 Å². The summed E-state index contributed by atoms with van der Waals surface area (Å²) in [6.45, 7) is 12.1. The van der Waals surface area contributed by atoms with Crippen LogP contribution in [0.5, 0.6) is 0 Å². The van der Waals surface area contributed by atoms with Crippen molar-refractivity contribution in [1.29, 1.82) is 0 Å². The summed E-state index contributed by atoms with van der Waals surface area (Å²) >= 11 is 1.78.